The van der Waals surface area contributed by atoms with E-state index in [2.05, 4.69) is 23.7 Å². The summed E-state index contributed by atoms with van der Waals surface area (Å²) in [5, 5.41) is 4.88. The standard InChI is InChI=1S/C15H22N2O2S/c1-4-10(3)14-15(19)17(9-13(18)16-14)8-12-11(5-2)6-7-20-12/h6-7,10,14H,4-5,8-9H2,1-3H3,(H,16,18). The SMILES string of the molecule is CCc1ccsc1CN1CC(=O)NC(C(C)CC)C1=O. The minimum atomic E-state index is -0.369. The van der Waals surface area contributed by atoms with E-state index in [0.29, 0.717) is 6.54 Å². The molecule has 0 aromatic carbocycles. The minimum Gasteiger partial charge on any atom is -0.342 e. The van der Waals surface area contributed by atoms with E-state index < -0.39 is 0 Å². The number of rotatable bonds is 5. The molecule has 2 rings (SSSR count). The average Bonchev–Trinajstić information content (AvgIpc) is 2.88. The molecule has 0 bridgehead atoms. The van der Waals surface area contributed by atoms with E-state index in [1.165, 1.54) is 10.4 Å². The van der Waals surface area contributed by atoms with Crippen molar-refractivity contribution in [3.63, 3.8) is 0 Å². The molecular weight excluding hydrogens is 272 g/mol. The molecule has 0 saturated carbocycles. The van der Waals surface area contributed by atoms with Crippen LogP contribution < -0.4 is 5.32 Å². The van der Waals surface area contributed by atoms with E-state index in [9.17, 15) is 9.59 Å². The normalized spacial score (nSPS) is 20.9. The van der Waals surface area contributed by atoms with E-state index in [0.717, 1.165) is 12.8 Å². The average molecular weight is 294 g/mol. The molecule has 0 spiro atoms. The lowest BCUT2D eigenvalue weighted by Crippen LogP contribution is -2.59. The molecule has 1 aliphatic heterocycles. The molecule has 5 heteroatoms. The summed E-state index contributed by atoms with van der Waals surface area (Å²) in [6.07, 6.45) is 1.84. The van der Waals surface area contributed by atoms with Crippen molar-refractivity contribution < 1.29 is 9.59 Å². The van der Waals surface area contributed by atoms with Gasteiger partial charge < -0.3 is 10.2 Å². The summed E-state index contributed by atoms with van der Waals surface area (Å²) in [6, 6.07) is 1.73. The molecule has 1 fully saturated rings. The molecular formula is C15H22N2O2S. The van der Waals surface area contributed by atoms with Crippen LogP contribution in [0, 0.1) is 5.92 Å². The van der Waals surface area contributed by atoms with Gasteiger partial charge in [-0.05, 0) is 29.3 Å². The van der Waals surface area contributed by atoms with Crippen molar-refractivity contribution in [1.29, 1.82) is 0 Å². The molecule has 1 aromatic heterocycles. The van der Waals surface area contributed by atoms with Crippen molar-refractivity contribution in [2.45, 2.75) is 46.2 Å². The fourth-order valence-corrected chi connectivity index (χ4v) is 3.47. The van der Waals surface area contributed by atoms with E-state index in [1.807, 2.05) is 13.8 Å². The number of carbonyl (C=O) groups is 2. The van der Waals surface area contributed by atoms with Crippen LogP contribution in [0.4, 0.5) is 0 Å². The van der Waals surface area contributed by atoms with Gasteiger partial charge in [0.05, 0.1) is 13.1 Å². The van der Waals surface area contributed by atoms with Crippen LogP contribution in [0.15, 0.2) is 11.4 Å². The van der Waals surface area contributed by atoms with Gasteiger partial charge in [0.1, 0.15) is 6.04 Å². The van der Waals surface area contributed by atoms with Crippen LogP contribution in [-0.2, 0) is 22.6 Å². The Bertz CT molecular complexity index is 498. The highest BCUT2D eigenvalue weighted by molar-refractivity contribution is 7.10. The van der Waals surface area contributed by atoms with Gasteiger partial charge in [0.15, 0.2) is 0 Å². The van der Waals surface area contributed by atoms with Gasteiger partial charge in [0, 0.05) is 4.88 Å². The summed E-state index contributed by atoms with van der Waals surface area (Å²) in [6.45, 7) is 6.89. The fourth-order valence-electron chi connectivity index (χ4n) is 2.48. The third-order valence-electron chi connectivity index (χ3n) is 3.99. The lowest BCUT2D eigenvalue weighted by molar-refractivity contribution is -0.146. The lowest BCUT2D eigenvalue weighted by atomic mass is 9.96. The van der Waals surface area contributed by atoms with Crippen LogP contribution in [0.1, 0.15) is 37.6 Å². The monoisotopic (exact) mass is 294 g/mol. The molecule has 2 unspecified atom stereocenters. The molecule has 0 aliphatic carbocycles. The lowest BCUT2D eigenvalue weighted by Gasteiger charge is -2.35. The zero-order chi connectivity index (χ0) is 14.7. The van der Waals surface area contributed by atoms with E-state index >= 15 is 0 Å². The van der Waals surface area contributed by atoms with Crippen molar-refractivity contribution in [3.8, 4) is 0 Å². The molecule has 4 nitrogen and oxygen atoms in total. The zero-order valence-corrected chi connectivity index (χ0v) is 13.1. The van der Waals surface area contributed by atoms with Crippen LogP contribution in [-0.4, -0.2) is 29.3 Å². The molecule has 110 valence electrons. The Morgan fingerprint density at radius 2 is 2.20 bits per heavy atom. The third kappa shape index (κ3) is 3.03. The summed E-state index contributed by atoms with van der Waals surface area (Å²) in [5.41, 5.74) is 1.27. The Morgan fingerprint density at radius 3 is 2.85 bits per heavy atom. The number of carbonyl (C=O) groups excluding carboxylic acids is 2. The highest BCUT2D eigenvalue weighted by Crippen LogP contribution is 2.22. The highest BCUT2D eigenvalue weighted by atomic mass is 32.1. The van der Waals surface area contributed by atoms with Crippen LogP contribution in [0.2, 0.25) is 0 Å². The molecule has 0 radical (unpaired) electrons. The number of thiophene rings is 1. The number of hydrogen-bond acceptors (Lipinski definition) is 3. The predicted octanol–water partition coefficient (Wildman–Crippen LogP) is 2.18. The maximum Gasteiger partial charge on any atom is 0.246 e. The Kier molecular flexibility index (Phi) is 4.81. The largest absolute Gasteiger partial charge is 0.342 e. The Morgan fingerprint density at radius 1 is 1.45 bits per heavy atom. The second-order valence-corrected chi connectivity index (χ2v) is 6.35. The first-order chi connectivity index (χ1) is 9.56. The van der Waals surface area contributed by atoms with Gasteiger partial charge in [-0.2, -0.15) is 0 Å². The van der Waals surface area contributed by atoms with Crippen molar-refractivity contribution in [2.75, 3.05) is 6.54 Å². The molecule has 20 heavy (non-hydrogen) atoms. The summed E-state index contributed by atoms with van der Waals surface area (Å²) in [5.74, 6) is 0.169. The number of hydrogen-bond donors (Lipinski definition) is 1. The summed E-state index contributed by atoms with van der Waals surface area (Å²) >= 11 is 1.66. The highest BCUT2D eigenvalue weighted by Gasteiger charge is 2.35. The van der Waals surface area contributed by atoms with Crippen LogP contribution >= 0.6 is 11.3 Å². The number of nitrogens with zero attached hydrogens (tertiary/aromatic N) is 1. The topological polar surface area (TPSA) is 49.4 Å². The smallest absolute Gasteiger partial charge is 0.246 e. The number of aryl methyl sites for hydroxylation is 1. The van der Waals surface area contributed by atoms with Crippen molar-refractivity contribution in [1.82, 2.24) is 10.2 Å². The van der Waals surface area contributed by atoms with E-state index in [4.69, 9.17) is 0 Å². The first-order valence-corrected chi connectivity index (χ1v) is 8.08. The summed E-state index contributed by atoms with van der Waals surface area (Å²) in [4.78, 5) is 27.2. The van der Waals surface area contributed by atoms with E-state index in [-0.39, 0.29) is 30.3 Å². The van der Waals surface area contributed by atoms with Crippen molar-refractivity contribution in [2.24, 2.45) is 5.92 Å². The molecule has 1 aliphatic rings. The number of nitrogens with one attached hydrogen (secondary N) is 1. The first-order valence-electron chi connectivity index (χ1n) is 7.20. The van der Waals surface area contributed by atoms with Gasteiger partial charge >= 0.3 is 0 Å². The summed E-state index contributed by atoms with van der Waals surface area (Å²) in [7, 11) is 0. The van der Waals surface area contributed by atoms with Gasteiger partial charge in [-0.15, -0.1) is 11.3 Å². The second-order valence-electron chi connectivity index (χ2n) is 5.35. The first kappa shape index (κ1) is 15.0. The summed E-state index contributed by atoms with van der Waals surface area (Å²) < 4.78 is 0. The fraction of sp³-hybridized carbons (Fsp3) is 0.600. The molecule has 2 heterocycles. The van der Waals surface area contributed by atoms with Crippen LogP contribution in [0.5, 0.6) is 0 Å². The molecule has 2 atom stereocenters. The van der Waals surface area contributed by atoms with Gasteiger partial charge in [-0.3, -0.25) is 9.59 Å². The Balaban J connectivity index is 2.14. The maximum absolute atomic E-state index is 12.5. The van der Waals surface area contributed by atoms with Gasteiger partial charge in [-0.1, -0.05) is 27.2 Å². The van der Waals surface area contributed by atoms with Gasteiger partial charge in [0.25, 0.3) is 0 Å². The Hall–Kier alpha value is -1.36. The number of piperazine rings is 1. The molecule has 1 N–H and O–H groups in total. The quantitative estimate of drug-likeness (QED) is 0.905. The van der Waals surface area contributed by atoms with Gasteiger partial charge in [-0.25, -0.2) is 0 Å². The van der Waals surface area contributed by atoms with Crippen LogP contribution in [0.25, 0.3) is 0 Å². The van der Waals surface area contributed by atoms with Crippen LogP contribution in [0.3, 0.4) is 0 Å². The minimum absolute atomic E-state index is 0.0504. The molecule has 1 saturated heterocycles. The zero-order valence-electron chi connectivity index (χ0n) is 12.3. The van der Waals surface area contributed by atoms with E-state index in [1.54, 1.807) is 16.2 Å². The molecule has 1 aromatic rings. The van der Waals surface area contributed by atoms with Crippen molar-refractivity contribution in [3.05, 3.63) is 21.9 Å². The van der Waals surface area contributed by atoms with Crippen molar-refractivity contribution >= 4 is 23.2 Å². The predicted molar refractivity (Wildman–Crippen MR) is 80.5 cm³/mol. The van der Waals surface area contributed by atoms with Gasteiger partial charge in [0.2, 0.25) is 11.8 Å². The second kappa shape index (κ2) is 6.39. The third-order valence-corrected chi connectivity index (χ3v) is 4.94. The molecule has 2 amide bonds. The maximum atomic E-state index is 12.5. The number of amides is 2. The Labute approximate surface area is 124 Å².